The van der Waals surface area contributed by atoms with Crippen LogP contribution in [-0.4, -0.2) is 37.2 Å². The lowest BCUT2D eigenvalue weighted by Gasteiger charge is -2.18. The molecule has 0 amide bonds. The summed E-state index contributed by atoms with van der Waals surface area (Å²) < 4.78 is 16.8. The van der Waals surface area contributed by atoms with E-state index in [-0.39, 0.29) is 31.1 Å². The quantitative estimate of drug-likeness (QED) is 0.0262. The van der Waals surface area contributed by atoms with E-state index in [9.17, 15) is 14.4 Å². The molecule has 0 aliphatic rings. The van der Waals surface area contributed by atoms with E-state index >= 15 is 0 Å². The molecule has 1 atom stereocenters. The van der Waals surface area contributed by atoms with Crippen LogP contribution in [0, 0.1) is 0 Å². The summed E-state index contributed by atoms with van der Waals surface area (Å²) in [6.07, 6.45) is 58.4. The molecule has 0 aliphatic carbocycles. The second-order valence-electron chi connectivity index (χ2n) is 17.8. The van der Waals surface area contributed by atoms with Crippen molar-refractivity contribution in [3.8, 4) is 0 Å². The minimum Gasteiger partial charge on any atom is -0.462 e. The van der Waals surface area contributed by atoms with Crippen molar-refractivity contribution in [3.63, 3.8) is 0 Å². The van der Waals surface area contributed by atoms with Crippen LogP contribution in [0.25, 0.3) is 0 Å². The third-order valence-electron chi connectivity index (χ3n) is 11.6. The van der Waals surface area contributed by atoms with Crippen LogP contribution in [0.5, 0.6) is 0 Å². The van der Waals surface area contributed by atoms with Crippen LogP contribution in [0.2, 0.25) is 0 Å². The number of carbonyl (C=O) groups excluding carboxylic acids is 3. The molecular formula is C55H100O6. The Morgan fingerprint density at radius 3 is 0.934 bits per heavy atom. The van der Waals surface area contributed by atoms with E-state index in [1.54, 1.807) is 0 Å². The lowest BCUT2D eigenvalue weighted by atomic mass is 10.0. The van der Waals surface area contributed by atoms with E-state index in [2.05, 4.69) is 57.2 Å². The molecule has 0 fully saturated rings. The first kappa shape index (κ1) is 58.6. The minimum atomic E-state index is -0.775. The molecule has 61 heavy (non-hydrogen) atoms. The van der Waals surface area contributed by atoms with Crippen molar-refractivity contribution < 1.29 is 28.6 Å². The molecule has 356 valence electrons. The normalized spacial score (nSPS) is 12.2. The van der Waals surface area contributed by atoms with Crippen molar-refractivity contribution in [2.24, 2.45) is 0 Å². The monoisotopic (exact) mass is 857 g/mol. The zero-order valence-electron chi connectivity index (χ0n) is 40.7. The standard InChI is InChI=1S/C55H100O6/c1-4-7-10-13-16-19-22-25-26-27-28-29-31-33-36-39-42-45-48-54(57)60-51-52(50-59-53(56)47-44-41-38-35-32-24-21-18-15-12-9-6-3)61-55(58)49-46-43-40-37-34-30-23-20-17-14-11-8-5-2/h19-20,22-23,26-27,52H,4-18,21,24-25,28-51H2,1-3H3/b22-19-,23-20-,27-26-. The number of hydrogen-bond acceptors (Lipinski definition) is 6. The first-order valence-corrected chi connectivity index (χ1v) is 26.5. The number of esters is 3. The van der Waals surface area contributed by atoms with Crippen molar-refractivity contribution in [1.29, 1.82) is 0 Å². The van der Waals surface area contributed by atoms with Crippen molar-refractivity contribution in [2.45, 2.75) is 284 Å². The molecule has 0 N–H and O–H groups in total. The summed E-state index contributed by atoms with van der Waals surface area (Å²) in [7, 11) is 0. The lowest BCUT2D eigenvalue weighted by molar-refractivity contribution is -0.167. The topological polar surface area (TPSA) is 78.9 Å². The van der Waals surface area contributed by atoms with Crippen molar-refractivity contribution in [2.75, 3.05) is 13.2 Å². The van der Waals surface area contributed by atoms with E-state index in [0.717, 1.165) is 77.0 Å². The lowest BCUT2D eigenvalue weighted by Crippen LogP contribution is -2.30. The molecule has 0 aliphatic heterocycles. The molecule has 0 bridgehead atoms. The molecular weight excluding hydrogens is 757 g/mol. The Labute approximate surface area is 378 Å². The summed E-state index contributed by atoms with van der Waals surface area (Å²) in [5, 5.41) is 0. The van der Waals surface area contributed by atoms with Crippen LogP contribution in [0.1, 0.15) is 278 Å². The van der Waals surface area contributed by atoms with Crippen molar-refractivity contribution in [3.05, 3.63) is 36.5 Å². The molecule has 6 nitrogen and oxygen atoms in total. The van der Waals surface area contributed by atoms with Gasteiger partial charge in [-0.3, -0.25) is 14.4 Å². The SMILES string of the molecule is CCCCCC/C=C\C/C=C\CCCCCCCCCC(=O)OCC(COC(=O)CCCCCCCCCCCCCC)OC(=O)CCCCCCC/C=C\CCCCCC. The van der Waals surface area contributed by atoms with Crippen LogP contribution in [-0.2, 0) is 28.6 Å². The molecule has 0 saturated carbocycles. The highest BCUT2D eigenvalue weighted by molar-refractivity contribution is 5.71. The number of unbranched alkanes of at least 4 members (excludes halogenated alkanes) is 31. The smallest absolute Gasteiger partial charge is 0.306 e. The van der Waals surface area contributed by atoms with Crippen LogP contribution in [0.15, 0.2) is 36.5 Å². The van der Waals surface area contributed by atoms with Gasteiger partial charge in [-0.05, 0) is 77.0 Å². The van der Waals surface area contributed by atoms with Gasteiger partial charge in [-0.25, -0.2) is 0 Å². The summed E-state index contributed by atoms with van der Waals surface area (Å²) in [6.45, 7) is 6.61. The average Bonchev–Trinajstić information content (AvgIpc) is 3.26. The maximum absolute atomic E-state index is 12.8. The minimum absolute atomic E-state index is 0.0751. The zero-order chi connectivity index (χ0) is 44.4. The highest BCUT2D eigenvalue weighted by Gasteiger charge is 2.19. The Kier molecular flexibility index (Phi) is 48.3. The van der Waals surface area contributed by atoms with Crippen molar-refractivity contribution in [1.82, 2.24) is 0 Å². The summed E-state index contributed by atoms with van der Waals surface area (Å²) in [6, 6.07) is 0. The largest absolute Gasteiger partial charge is 0.462 e. The Morgan fingerprint density at radius 1 is 0.328 bits per heavy atom. The molecule has 6 heteroatoms. The molecule has 0 radical (unpaired) electrons. The van der Waals surface area contributed by atoms with Gasteiger partial charge >= 0.3 is 17.9 Å². The van der Waals surface area contributed by atoms with Crippen LogP contribution >= 0.6 is 0 Å². The first-order chi connectivity index (χ1) is 30.0. The third kappa shape index (κ3) is 48.5. The van der Waals surface area contributed by atoms with E-state index in [1.165, 1.54) is 161 Å². The van der Waals surface area contributed by atoms with Gasteiger partial charge in [0.05, 0.1) is 0 Å². The molecule has 0 rings (SSSR count). The highest BCUT2D eigenvalue weighted by Crippen LogP contribution is 2.15. The van der Waals surface area contributed by atoms with E-state index in [4.69, 9.17) is 14.2 Å². The van der Waals surface area contributed by atoms with Crippen LogP contribution in [0.4, 0.5) is 0 Å². The number of ether oxygens (including phenoxy) is 3. The van der Waals surface area contributed by atoms with Gasteiger partial charge in [0.15, 0.2) is 6.10 Å². The third-order valence-corrected chi connectivity index (χ3v) is 11.6. The number of hydrogen-bond donors (Lipinski definition) is 0. The fourth-order valence-electron chi connectivity index (χ4n) is 7.59. The van der Waals surface area contributed by atoms with E-state index < -0.39 is 6.10 Å². The second kappa shape index (κ2) is 50.3. The molecule has 0 heterocycles. The van der Waals surface area contributed by atoms with Gasteiger partial charge in [0.25, 0.3) is 0 Å². The average molecular weight is 857 g/mol. The Bertz CT molecular complexity index is 1030. The molecule has 1 unspecified atom stereocenters. The number of rotatable bonds is 48. The molecule has 0 saturated heterocycles. The van der Waals surface area contributed by atoms with Gasteiger partial charge in [0.2, 0.25) is 0 Å². The fraction of sp³-hybridized carbons (Fsp3) is 0.836. The Hall–Kier alpha value is -2.37. The molecule has 0 aromatic rings. The second-order valence-corrected chi connectivity index (χ2v) is 17.8. The summed E-state index contributed by atoms with van der Waals surface area (Å²) >= 11 is 0. The molecule has 0 aromatic heterocycles. The summed E-state index contributed by atoms with van der Waals surface area (Å²) in [5.41, 5.74) is 0. The predicted octanol–water partition coefficient (Wildman–Crippen LogP) is 17.3. The number of allylic oxidation sites excluding steroid dienone is 6. The first-order valence-electron chi connectivity index (χ1n) is 26.5. The Morgan fingerprint density at radius 2 is 0.590 bits per heavy atom. The summed E-state index contributed by atoms with van der Waals surface area (Å²) in [5.74, 6) is -0.882. The van der Waals surface area contributed by atoms with E-state index in [0.29, 0.717) is 19.3 Å². The summed E-state index contributed by atoms with van der Waals surface area (Å²) in [4.78, 5) is 38.0. The maximum Gasteiger partial charge on any atom is 0.306 e. The maximum atomic E-state index is 12.8. The van der Waals surface area contributed by atoms with Crippen LogP contribution in [0.3, 0.4) is 0 Å². The Balaban J connectivity index is 4.35. The zero-order valence-corrected chi connectivity index (χ0v) is 40.7. The predicted molar refractivity (Wildman–Crippen MR) is 261 cm³/mol. The van der Waals surface area contributed by atoms with Gasteiger partial charge in [-0.1, -0.05) is 218 Å². The van der Waals surface area contributed by atoms with E-state index in [1.807, 2.05) is 0 Å². The van der Waals surface area contributed by atoms with Gasteiger partial charge in [0.1, 0.15) is 13.2 Å². The number of carbonyl (C=O) groups is 3. The fourth-order valence-corrected chi connectivity index (χ4v) is 7.59. The molecule has 0 aromatic carbocycles. The van der Waals surface area contributed by atoms with Gasteiger partial charge in [-0.15, -0.1) is 0 Å². The van der Waals surface area contributed by atoms with Gasteiger partial charge < -0.3 is 14.2 Å². The molecule has 0 spiro atoms. The van der Waals surface area contributed by atoms with Gasteiger partial charge in [0, 0.05) is 19.3 Å². The highest BCUT2D eigenvalue weighted by atomic mass is 16.6. The van der Waals surface area contributed by atoms with Crippen molar-refractivity contribution >= 4 is 17.9 Å². The van der Waals surface area contributed by atoms with Gasteiger partial charge in [-0.2, -0.15) is 0 Å². The van der Waals surface area contributed by atoms with Crippen LogP contribution < -0.4 is 0 Å².